The second kappa shape index (κ2) is 14.7. The zero-order valence-corrected chi connectivity index (χ0v) is 27.1. The molecule has 18 heteroatoms. The number of thiophene rings is 1. The molecular formula is C28H33ClFN5O10S. The number of nitrogens with two attached hydrogens (primary N) is 1. The molecule has 2 N–H and O–H groups in total. The first kappa shape index (κ1) is 34.9. The van der Waals surface area contributed by atoms with Crippen LogP contribution < -0.4 is 5.73 Å². The predicted octanol–water partition coefficient (Wildman–Crippen LogP) is 2.84. The van der Waals surface area contributed by atoms with Crippen molar-refractivity contribution in [2.75, 3.05) is 32.7 Å². The molecule has 46 heavy (non-hydrogen) atoms. The number of rotatable bonds is 13. The van der Waals surface area contributed by atoms with E-state index in [2.05, 4.69) is 15.0 Å². The molecule has 4 rings (SSSR count). The van der Waals surface area contributed by atoms with Gasteiger partial charge in [-0.1, -0.05) is 13.8 Å². The Morgan fingerprint density at radius 2 is 1.85 bits per heavy atom. The number of carbonyl (C=O) groups is 4. The van der Waals surface area contributed by atoms with Gasteiger partial charge in [0.25, 0.3) is 5.60 Å². The van der Waals surface area contributed by atoms with Crippen LogP contribution >= 0.6 is 22.9 Å². The zero-order valence-electron chi connectivity index (χ0n) is 25.6. The number of alkyl halides is 1. The zero-order chi connectivity index (χ0) is 33.8. The molecule has 1 aliphatic rings. The number of anilines is 1. The van der Waals surface area contributed by atoms with Crippen LogP contribution in [-0.2, 0) is 49.2 Å². The molecule has 1 aliphatic heterocycles. The van der Waals surface area contributed by atoms with E-state index in [1.807, 2.05) is 0 Å². The van der Waals surface area contributed by atoms with Crippen molar-refractivity contribution in [2.24, 2.45) is 5.92 Å². The number of aromatic nitrogens is 4. The van der Waals surface area contributed by atoms with Gasteiger partial charge >= 0.3 is 23.9 Å². The smallest absolute Gasteiger partial charge is 0.350 e. The summed E-state index contributed by atoms with van der Waals surface area (Å²) in [7, 11) is 1.21. The normalized spacial score (nSPS) is 19.7. The molecule has 250 valence electrons. The van der Waals surface area contributed by atoms with Crippen molar-refractivity contribution in [3.63, 3.8) is 0 Å². The van der Waals surface area contributed by atoms with E-state index in [-0.39, 0.29) is 40.4 Å². The highest BCUT2D eigenvalue weighted by molar-refractivity contribution is 7.12. The van der Waals surface area contributed by atoms with Crippen LogP contribution in [0.15, 0.2) is 17.8 Å². The summed E-state index contributed by atoms with van der Waals surface area (Å²) in [5.41, 5.74) is 4.00. The number of carbonyl (C=O) groups excluding carboxylic acids is 4. The van der Waals surface area contributed by atoms with Gasteiger partial charge in [-0.2, -0.15) is 9.97 Å². The summed E-state index contributed by atoms with van der Waals surface area (Å²) in [4.78, 5) is 63.9. The highest BCUT2D eigenvalue weighted by atomic mass is 35.5. The molecule has 3 aromatic rings. The summed E-state index contributed by atoms with van der Waals surface area (Å²) < 4.78 is 50.2. The van der Waals surface area contributed by atoms with Gasteiger partial charge in [0.2, 0.25) is 5.28 Å². The van der Waals surface area contributed by atoms with Gasteiger partial charge in [-0.15, -0.1) is 11.3 Å². The molecular weight excluding hydrogens is 653 g/mol. The van der Waals surface area contributed by atoms with Crippen LogP contribution in [0.1, 0.15) is 49.2 Å². The molecule has 4 atom stereocenters. The van der Waals surface area contributed by atoms with Gasteiger partial charge in [-0.05, 0) is 42.5 Å². The summed E-state index contributed by atoms with van der Waals surface area (Å²) in [5.74, 6) is -4.23. The summed E-state index contributed by atoms with van der Waals surface area (Å²) in [5, 5.41) is 1.32. The molecule has 0 amide bonds. The number of hydrogen-bond donors (Lipinski definition) is 1. The minimum atomic E-state index is -2.42. The number of nitrogen functional groups attached to an aromatic ring is 1. The molecule has 1 fully saturated rings. The predicted molar refractivity (Wildman–Crippen MR) is 160 cm³/mol. The molecule has 0 radical (unpaired) electrons. The van der Waals surface area contributed by atoms with Crippen molar-refractivity contribution in [2.45, 2.75) is 64.3 Å². The number of fused-ring (bicyclic) bond motifs is 1. The average molecular weight is 686 g/mol. The minimum absolute atomic E-state index is 0.0481. The molecule has 0 saturated carbocycles. The van der Waals surface area contributed by atoms with E-state index in [0.717, 1.165) is 11.3 Å². The Balaban J connectivity index is 1.72. The lowest BCUT2D eigenvalue weighted by molar-refractivity contribution is -0.198. The van der Waals surface area contributed by atoms with Crippen molar-refractivity contribution < 1.29 is 52.0 Å². The lowest BCUT2D eigenvalue weighted by Gasteiger charge is -2.31. The second-order valence-electron chi connectivity index (χ2n) is 10.3. The maximum absolute atomic E-state index is 16.2. The molecule has 0 spiro atoms. The van der Waals surface area contributed by atoms with Gasteiger partial charge < -0.3 is 34.2 Å². The third-order valence-corrected chi connectivity index (χ3v) is 8.01. The number of hydrogen-bond acceptors (Lipinski definition) is 15. The molecule has 1 saturated heterocycles. The lowest BCUT2D eigenvalue weighted by Crippen LogP contribution is -2.54. The molecule has 0 bridgehead atoms. The van der Waals surface area contributed by atoms with E-state index in [1.54, 1.807) is 19.2 Å². The largest absolute Gasteiger partial charge is 0.465 e. The quantitative estimate of drug-likeness (QED) is 0.119. The fourth-order valence-electron chi connectivity index (χ4n) is 4.64. The number of halogens is 2. The van der Waals surface area contributed by atoms with Crippen LogP contribution in [0, 0.1) is 5.92 Å². The van der Waals surface area contributed by atoms with E-state index >= 15 is 4.39 Å². The molecule has 15 nitrogen and oxygen atoms in total. The fraction of sp³-hybridized carbons (Fsp3) is 0.536. The summed E-state index contributed by atoms with van der Waals surface area (Å²) in [6, 6.07) is 1.43. The summed E-state index contributed by atoms with van der Waals surface area (Å²) >= 11 is 7.01. The summed E-state index contributed by atoms with van der Waals surface area (Å²) in [6.07, 6.45) is -5.64. The second-order valence-corrected chi connectivity index (χ2v) is 11.6. The molecule has 0 aromatic carbocycles. The van der Waals surface area contributed by atoms with Crippen LogP contribution in [-0.4, -0.2) is 94.3 Å². The third kappa shape index (κ3) is 7.06. The van der Waals surface area contributed by atoms with E-state index in [1.165, 1.54) is 37.9 Å². The van der Waals surface area contributed by atoms with E-state index in [0.29, 0.717) is 5.56 Å². The van der Waals surface area contributed by atoms with Crippen LogP contribution in [0.5, 0.6) is 0 Å². The number of ether oxygens (including phenoxy) is 6. The first-order valence-electron chi connectivity index (χ1n) is 14.2. The van der Waals surface area contributed by atoms with Gasteiger partial charge in [0.05, 0.1) is 39.2 Å². The Morgan fingerprint density at radius 3 is 2.46 bits per heavy atom. The Labute approximate surface area is 271 Å². The van der Waals surface area contributed by atoms with Crippen molar-refractivity contribution >= 4 is 63.8 Å². The summed E-state index contributed by atoms with van der Waals surface area (Å²) in [6.45, 7) is 5.31. The van der Waals surface area contributed by atoms with Gasteiger partial charge in [0, 0.05) is 6.42 Å². The van der Waals surface area contributed by atoms with Crippen LogP contribution in [0.2, 0.25) is 5.28 Å². The van der Waals surface area contributed by atoms with Crippen molar-refractivity contribution in [3.05, 3.63) is 33.5 Å². The Bertz CT molecular complexity index is 1580. The van der Waals surface area contributed by atoms with Gasteiger partial charge in [-0.25, -0.2) is 23.8 Å². The Morgan fingerprint density at radius 1 is 1.17 bits per heavy atom. The molecule has 0 aliphatic carbocycles. The van der Waals surface area contributed by atoms with E-state index < -0.39 is 73.0 Å². The number of imidazole rings is 1. The average Bonchev–Trinajstić information content (AvgIpc) is 3.73. The van der Waals surface area contributed by atoms with Crippen LogP contribution in [0.25, 0.3) is 11.2 Å². The van der Waals surface area contributed by atoms with Gasteiger partial charge in [-0.3, -0.25) is 9.36 Å². The third-order valence-electron chi connectivity index (χ3n) is 6.88. The van der Waals surface area contributed by atoms with E-state index in [9.17, 15) is 19.2 Å². The highest BCUT2D eigenvalue weighted by Gasteiger charge is 2.55. The minimum Gasteiger partial charge on any atom is -0.465 e. The molecule has 4 heterocycles. The van der Waals surface area contributed by atoms with Crippen LogP contribution in [0.3, 0.4) is 0 Å². The van der Waals surface area contributed by atoms with Gasteiger partial charge in [0.1, 0.15) is 16.5 Å². The maximum atomic E-state index is 16.2. The fourth-order valence-corrected chi connectivity index (χ4v) is 5.64. The van der Waals surface area contributed by atoms with E-state index in [4.69, 9.17) is 45.8 Å². The molecule has 3 aromatic heterocycles. The Hall–Kier alpha value is -3.93. The van der Waals surface area contributed by atoms with Crippen molar-refractivity contribution in [3.8, 4) is 0 Å². The first-order valence-corrected chi connectivity index (χ1v) is 15.4. The highest BCUT2D eigenvalue weighted by Crippen LogP contribution is 2.38. The first-order chi connectivity index (χ1) is 21.9. The maximum Gasteiger partial charge on any atom is 0.350 e. The van der Waals surface area contributed by atoms with Crippen molar-refractivity contribution in [1.29, 1.82) is 0 Å². The monoisotopic (exact) mass is 685 g/mol. The van der Waals surface area contributed by atoms with Crippen molar-refractivity contribution in [1.82, 2.24) is 19.5 Å². The Kier molecular flexibility index (Phi) is 11.1. The SMILES string of the molecule is CCOC(=O)C(Cc1csc(C(=O)OC)c1)(OC[C@H]1O[C@@H](n2cnc3c(N)nc(Cl)nc32)[C@@H](F)[C@@H]1OC(=O)C(C)C)C(=O)OCC. The topological polar surface area (TPSA) is 193 Å². The lowest BCUT2D eigenvalue weighted by atomic mass is 9.95. The molecule has 0 unspecified atom stereocenters. The number of esters is 4. The standard InChI is InChI=1S/C28H33ClFN5O10S/c1-6-41-25(38)28(26(39)42-7-2,9-14-8-16(46-11-14)24(37)40-5)43-10-15-19(45-23(36)13(3)4)17(30)22(44-15)35-12-32-18-20(31)33-27(29)34-21(18)35/h8,11-13,15,17,19,22H,6-7,9-10H2,1-5H3,(H2,31,33,34)/t15-,17+,19-,22-/m1/s1. The van der Waals surface area contributed by atoms with Gasteiger partial charge in [0.15, 0.2) is 30.0 Å². The number of methoxy groups -OCH3 is 1. The van der Waals surface area contributed by atoms with Crippen LogP contribution in [0.4, 0.5) is 10.2 Å². The number of nitrogens with zero attached hydrogens (tertiary/aromatic N) is 4.